The van der Waals surface area contributed by atoms with Gasteiger partial charge in [0.1, 0.15) is 5.76 Å². The predicted molar refractivity (Wildman–Crippen MR) is 63.3 cm³/mol. The molecule has 2 rings (SSSR count). The van der Waals surface area contributed by atoms with E-state index in [1.807, 2.05) is 0 Å². The highest BCUT2D eigenvalue weighted by Crippen LogP contribution is 2.23. The molecule has 0 bridgehead atoms. The highest BCUT2D eigenvalue weighted by molar-refractivity contribution is 5.84. The zero-order valence-corrected chi connectivity index (χ0v) is 10.2. The van der Waals surface area contributed by atoms with Gasteiger partial charge < -0.3 is 19.7 Å². The largest absolute Gasteiger partial charge is 0.475 e. The van der Waals surface area contributed by atoms with Gasteiger partial charge in [0.25, 0.3) is 0 Å². The van der Waals surface area contributed by atoms with Crippen LogP contribution in [0.4, 0.5) is 4.79 Å². The molecule has 1 aromatic heterocycles. The second-order valence-corrected chi connectivity index (χ2v) is 4.43. The van der Waals surface area contributed by atoms with Crippen LogP contribution in [0.2, 0.25) is 0 Å². The zero-order valence-electron chi connectivity index (χ0n) is 10.2. The molecule has 18 heavy (non-hydrogen) atoms. The standard InChI is InChI=1S/C12H16N2O4/c1-14(8-3-2-4-8)12(17)13-7-9-5-6-10(18-9)11(15)16/h5-6,8H,2-4,7H2,1H3,(H,13,17)(H,15,16). The second-order valence-electron chi connectivity index (χ2n) is 4.43. The van der Waals surface area contributed by atoms with Crippen molar-refractivity contribution in [1.29, 1.82) is 0 Å². The molecule has 0 atom stereocenters. The highest BCUT2D eigenvalue weighted by Gasteiger charge is 2.25. The molecule has 1 heterocycles. The summed E-state index contributed by atoms with van der Waals surface area (Å²) in [6, 6.07) is 3.09. The number of aromatic carboxylic acids is 1. The number of hydrogen-bond acceptors (Lipinski definition) is 3. The monoisotopic (exact) mass is 252 g/mol. The number of urea groups is 1. The van der Waals surface area contributed by atoms with Crippen LogP contribution < -0.4 is 5.32 Å². The van der Waals surface area contributed by atoms with E-state index < -0.39 is 5.97 Å². The van der Waals surface area contributed by atoms with Crippen LogP contribution in [0, 0.1) is 0 Å². The minimum Gasteiger partial charge on any atom is -0.475 e. The second kappa shape index (κ2) is 5.12. The topological polar surface area (TPSA) is 82.8 Å². The maximum atomic E-state index is 11.7. The van der Waals surface area contributed by atoms with Gasteiger partial charge in [0.15, 0.2) is 0 Å². The Bertz CT molecular complexity index is 451. The van der Waals surface area contributed by atoms with Crippen LogP contribution in [0.5, 0.6) is 0 Å². The lowest BCUT2D eigenvalue weighted by molar-refractivity contribution is 0.0660. The number of furan rings is 1. The van der Waals surface area contributed by atoms with Gasteiger partial charge in [-0.05, 0) is 31.4 Å². The van der Waals surface area contributed by atoms with Crippen molar-refractivity contribution in [2.45, 2.75) is 31.8 Å². The number of carboxylic acid groups (broad SMARTS) is 1. The lowest BCUT2D eigenvalue weighted by Crippen LogP contribution is -2.46. The molecule has 0 spiro atoms. The van der Waals surface area contributed by atoms with Gasteiger partial charge >= 0.3 is 12.0 Å². The van der Waals surface area contributed by atoms with Crippen molar-refractivity contribution in [1.82, 2.24) is 10.2 Å². The van der Waals surface area contributed by atoms with Gasteiger partial charge in [0.05, 0.1) is 6.54 Å². The van der Waals surface area contributed by atoms with Crippen molar-refractivity contribution in [3.05, 3.63) is 23.7 Å². The molecule has 0 saturated heterocycles. The van der Waals surface area contributed by atoms with Gasteiger partial charge in [-0.2, -0.15) is 0 Å². The molecule has 2 amide bonds. The Labute approximate surface area is 105 Å². The Kier molecular flexibility index (Phi) is 3.55. The van der Waals surface area contributed by atoms with E-state index in [0.717, 1.165) is 12.8 Å². The molecule has 0 aliphatic heterocycles. The summed E-state index contributed by atoms with van der Waals surface area (Å²) in [5.74, 6) is -0.798. The molecule has 0 aromatic carbocycles. The van der Waals surface area contributed by atoms with Crippen LogP contribution in [-0.4, -0.2) is 35.1 Å². The Morgan fingerprint density at radius 2 is 2.22 bits per heavy atom. The molecule has 1 aromatic rings. The molecule has 0 unspecified atom stereocenters. The first-order valence-corrected chi connectivity index (χ1v) is 5.90. The third-order valence-electron chi connectivity index (χ3n) is 3.23. The third kappa shape index (κ3) is 2.64. The van der Waals surface area contributed by atoms with Crippen molar-refractivity contribution in [2.75, 3.05) is 7.05 Å². The molecule has 6 nitrogen and oxygen atoms in total. The van der Waals surface area contributed by atoms with Gasteiger partial charge in [0, 0.05) is 13.1 Å². The Morgan fingerprint density at radius 3 is 2.72 bits per heavy atom. The van der Waals surface area contributed by atoms with Crippen molar-refractivity contribution in [3.8, 4) is 0 Å². The van der Waals surface area contributed by atoms with E-state index in [-0.39, 0.29) is 18.3 Å². The van der Waals surface area contributed by atoms with E-state index in [0.29, 0.717) is 11.8 Å². The molecular formula is C12H16N2O4. The summed E-state index contributed by atoms with van der Waals surface area (Å²) in [6.07, 6.45) is 3.27. The molecule has 1 aliphatic rings. The third-order valence-corrected chi connectivity index (χ3v) is 3.23. The van der Waals surface area contributed by atoms with Crippen LogP contribution in [-0.2, 0) is 6.54 Å². The maximum Gasteiger partial charge on any atom is 0.371 e. The Hall–Kier alpha value is -1.98. The highest BCUT2D eigenvalue weighted by atomic mass is 16.4. The molecule has 1 fully saturated rings. The molecule has 0 radical (unpaired) electrons. The fraction of sp³-hybridized carbons (Fsp3) is 0.500. The minimum atomic E-state index is -1.11. The van der Waals surface area contributed by atoms with Crippen molar-refractivity contribution in [2.24, 2.45) is 0 Å². The fourth-order valence-electron chi connectivity index (χ4n) is 1.82. The lowest BCUT2D eigenvalue weighted by atomic mass is 9.92. The zero-order chi connectivity index (χ0) is 13.1. The van der Waals surface area contributed by atoms with Gasteiger partial charge in [-0.15, -0.1) is 0 Å². The average Bonchev–Trinajstić information content (AvgIpc) is 2.72. The number of carbonyl (C=O) groups is 2. The summed E-state index contributed by atoms with van der Waals surface area (Å²) < 4.78 is 5.04. The van der Waals surface area contributed by atoms with Crippen LogP contribution in [0.15, 0.2) is 16.5 Å². The quantitative estimate of drug-likeness (QED) is 0.853. The lowest BCUT2D eigenvalue weighted by Gasteiger charge is -2.34. The summed E-state index contributed by atoms with van der Waals surface area (Å²) in [6.45, 7) is 0.198. The summed E-state index contributed by atoms with van der Waals surface area (Å²) >= 11 is 0. The Morgan fingerprint density at radius 1 is 1.50 bits per heavy atom. The number of carbonyl (C=O) groups excluding carboxylic acids is 1. The van der Waals surface area contributed by atoms with Crippen LogP contribution in [0.1, 0.15) is 35.6 Å². The number of nitrogens with zero attached hydrogens (tertiary/aromatic N) is 1. The normalized spacial score (nSPS) is 14.9. The first-order chi connectivity index (χ1) is 8.58. The smallest absolute Gasteiger partial charge is 0.371 e. The van der Waals surface area contributed by atoms with E-state index in [9.17, 15) is 9.59 Å². The van der Waals surface area contributed by atoms with E-state index >= 15 is 0 Å². The van der Waals surface area contributed by atoms with E-state index in [1.54, 1.807) is 18.0 Å². The molecule has 2 N–H and O–H groups in total. The van der Waals surface area contributed by atoms with Crippen molar-refractivity contribution in [3.63, 3.8) is 0 Å². The van der Waals surface area contributed by atoms with Gasteiger partial charge in [-0.1, -0.05) is 0 Å². The van der Waals surface area contributed by atoms with Gasteiger partial charge in [-0.25, -0.2) is 9.59 Å². The first kappa shape index (κ1) is 12.5. The SMILES string of the molecule is CN(C(=O)NCc1ccc(C(=O)O)o1)C1CCC1. The number of amides is 2. The van der Waals surface area contributed by atoms with Crippen LogP contribution in [0.3, 0.4) is 0 Å². The molecular weight excluding hydrogens is 236 g/mol. The number of nitrogens with one attached hydrogen (secondary N) is 1. The van der Waals surface area contributed by atoms with Gasteiger partial charge in [0.2, 0.25) is 5.76 Å². The number of hydrogen-bond donors (Lipinski definition) is 2. The summed E-state index contributed by atoms with van der Waals surface area (Å²) in [7, 11) is 1.77. The number of rotatable bonds is 4. The van der Waals surface area contributed by atoms with E-state index in [2.05, 4.69) is 5.32 Å². The summed E-state index contributed by atoms with van der Waals surface area (Å²) in [5, 5.41) is 11.4. The van der Waals surface area contributed by atoms with Crippen molar-refractivity contribution < 1.29 is 19.1 Å². The molecule has 1 aliphatic carbocycles. The van der Waals surface area contributed by atoms with Crippen molar-refractivity contribution >= 4 is 12.0 Å². The van der Waals surface area contributed by atoms with Crippen LogP contribution >= 0.6 is 0 Å². The predicted octanol–water partition coefficient (Wildman–Crippen LogP) is 1.67. The molecule has 1 saturated carbocycles. The van der Waals surface area contributed by atoms with E-state index in [1.165, 1.54) is 12.5 Å². The first-order valence-electron chi connectivity index (χ1n) is 5.90. The van der Waals surface area contributed by atoms with E-state index in [4.69, 9.17) is 9.52 Å². The maximum absolute atomic E-state index is 11.7. The van der Waals surface area contributed by atoms with Gasteiger partial charge in [-0.3, -0.25) is 0 Å². The average molecular weight is 252 g/mol. The molecule has 6 heteroatoms. The summed E-state index contributed by atoms with van der Waals surface area (Å²) in [4.78, 5) is 24.0. The number of carboxylic acids is 1. The van der Waals surface area contributed by atoms with Crippen LogP contribution in [0.25, 0.3) is 0 Å². The summed E-state index contributed by atoms with van der Waals surface area (Å²) in [5.41, 5.74) is 0. The molecule has 98 valence electrons. The fourth-order valence-corrected chi connectivity index (χ4v) is 1.82. The minimum absolute atomic E-state index is 0.119. The Balaban J connectivity index is 1.82.